The monoisotopic (exact) mass is 299 g/mol. The van der Waals surface area contributed by atoms with E-state index in [0.717, 1.165) is 24.9 Å². The van der Waals surface area contributed by atoms with Crippen molar-refractivity contribution in [1.29, 1.82) is 0 Å². The van der Waals surface area contributed by atoms with Gasteiger partial charge in [-0.25, -0.2) is 0 Å². The highest BCUT2D eigenvalue weighted by atomic mass is 19.3. The molecule has 118 valence electrons. The number of rotatable bonds is 7. The first-order valence-electron chi connectivity index (χ1n) is 7.63. The van der Waals surface area contributed by atoms with Crippen LogP contribution in [-0.2, 0) is 6.42 Å². The van der Waals surface area contributed by atoms with Crippen LogP contribution in [0.5, 0.6) is 11.5 Å². The summed E-state index contributed by atoms with van der Waals surface area (Å²) in [6.45, 7) is 0.509. The van der Waals surface area contributed by atoms with Crippen molar-refractivity contribution in [1.82, 2.24) is 5.32 Å². The number of hydrogen-bond acceptors (Lipinski definition) is 3. The third-order valence-corrected chi connectivity index (χ3v) is 3.72. The molecule has 0 bridgehead atoms. The van der Waals surface area contributed by atoms with Crippen molar-refractivity contribution in [3.63, 3.8) is 0 Å². The molecular weight excluding hydrogens is 276 g/mol. The summed E-state index contributed by atoms with van der Waals surface area (Å²) in [5.41, 5.74) is 1.09. The van der Waals surface area contributed by atoms with Gasteiger partial charge >= 0.3 is 6.61 Å². The molecule has 21 heavy (non-hydrogen) atoms. The van der Waals surface area contributed by atoms with E-state index in [9.17, 15) is 8.78 Å². The van der Waals surface area contributed by atoms with Gasteiger partial charge in [-0.15, -0.1) is 0 Å². The molecule has 1 aromatic rings. The molecule has 1 saturated heterocycles. The highest BCUT2D eigenvalue weighted by Crippen LogP contribution is 2.30. The van der Waals surface area contributed by atoms with Crippen LogP contribution in [0, 0.1) is 0 Å². The summed E-state index contributed by atoms with van der Waals surface area (Å²) >= 11 is 0. The number of hydrogen-bond donors (Lipinski definition) is 1. The first-order chi connectivity index (χ1) is 10.2. The van der Waals surface area contributed by atoms with E-state index in [0.29, 0.717) is 18.4 Å². The summed E-state index contributed by atoms with van der Waals surface area (Å²) in [6.07, 6.45) is 5.71. The van der Waals surface area contributed by atoms with Crippen molar-refractivity contribution >= 4 is 0 Å². The van der Waals surface area contributed by atoms with Gasteiger partial charge in [0.15, 0.2) is 11.5 Å². The standard InChI is InChI=1S/C16H23F2NO2/c1-2-20-15-11-12(7-9-14(15)21-16(17)18)6-8-13-5-3-4-10-19-13/h7,9,11,13,16,19H,2-6,8,10H2,1H3. The van der Waals surface area contributed by atoms with Crippen LogP contribution in [0.1, 0.15) is 38.2 Å². The number of alkyl halides is 2. The Hall–Kier alpha value is -1.36. The van der Waals surface area contributed by atoms with E-state index in [1.54, 1.807) is 6.07 Å². The maximum Gasteiger partial charge on any atom is 0.387 e. The zero-order valence-electron chi connectivity index (χ0n) is 12.4. The second-order valence-corrected chi connectivity index (χ2v) is 5.28. The van der Waals surface area contributed by atoms with Gasteiger partial charge in [0.1, 0.15) is 0 Å². The Balaban J connectivity index is 1.97. The van der Waals surface area contributed by atoms with Gasteiger partial charge < -0.3 is 14.8 Å². The van der Waals surface area contributed by atoms with Crippen molar-refractivity contribution in [3.05, 3.63) is 23.8 Å². The summed E-state index contributed by atoms with van der Waals surface area (Å²) in [7, 11) is 0. The summed E-state index contributed by atoms with van der Waals surface area (Å²) in [6, 6.07) is 5.78. The third kappa shape index (κ3) is 5.16. The lowest BCUT2D eigenvalue weighted by molar-refractivity contribution is -0.0514. The Bertz CT molecular complexity index is 434. The van der Waals surface area contributed by atoms with Crippen LogP contribution >= 0.6 is 0 Å². The zero-order chi connectivity index (χ0) is 15.1. The van der Waals surface area contributed by atoms with Gasteiger partial charge in [-0.2, -0.15) is 8.78 Å². The minimum absolute atomic E-state index is 0.103. The lowest BCUT2D eigenvalue weighted by Crippen LogP contribution is -2.34. The summed E-state index contributed by atoms with van der Waals surface area (Å²) in [5.74, 6) is 0.498. The Morgan fingerprint density at radius 2 is 2.14 bits per heavy atom. The molecule has 0 radical (unpaired) electrons. The molecule has 0 spiro atoms. The topological polar surface area (TPSA) is 30.5 Å². The molecule has 1 fully saturated rings. The van der Waals surface area contributed by atoms with Gasteiger partial charge in [-0.05, 0) is 56.8 Å². The molecule has 5 heteroatoms. The number of nitrogens with one attached hydrogen (secondary N) is 1. The van der Waals surface area contributed by atoms with Crippen LogP contribution < -0.4 is 14.8 Å². The molecule has 1 aliphatic heterocycles. The van der Waals surface area contributed by atoms with Gasteiger partial charge in [-0.3, -0.25) is 0 Å². The third-order valence-electron chi connectivity index (χ3n) is 3.72. The second-order valence-electron chi connectivity index (χ2n) is 5.28. The molecule has 0 aromatic heterocycles. The molecular formula is C16H23F2NO2. The van der Waals surface area contributed by atoms with E-state index < -0.39 is 6.61 Å². The first kappa shape index (κ1) is 16.0. The first-order valence-corrected chi connectivity index (χ1v) is 7.63. The number of piperidine rings is 1. The van der Waals surface area contributed by atoms with Crippen LogP contribution in [0.4, 0.5) is 8.78 Å². The van der Waals surface area contributed by atoms with Crippen molar-refractivity contribution in [2.45, 2.75) is 51.7 Å². The number of aryl methyl sites for hydroxylation is 1. The van der Waals surface area contributed by atoms with Crippen molar-refractivity contribution in [3.8, 4) is 11.5 Å². The molecule has 1 atom stereocenters. The SMILES string of the molecule is CCOc1cc(CCC2CCCCN2)ccc1OC(F)F. The average molecular weight is 299 g/mol. The summed E-state index contributed by atoms with van der Waals surface area (Å²) in [4.78, 5) is 0. The zero-order valence-corrected chi connectivity index (χ0v) is 12.4. The van der Waals surface area contributed by atoms with Gasteiger partial charge in [0, 0.05) is 6.04 Å². The smallest absolute Gasteiger partial charge is 0.387 e. The van der Waals surface area contributed by atoms with E-state index in [4.69, 9.17) is 4.74 Å². The number of benzene rings is 1. The normalized spacial score (nSPS) is 18.8. The minimum Gasteiger partial charge on any atom is -0.490 e. The molecule has 3 nitrogen and oxygen atoms in total. The van der Waals surface area contributed by atoms with Gasteiger partial charge in [0.2, 0.25) is 0 Å². The number of halogens is 2. The largest absolute Gasteiger partial charge is 0.490 e. The van der Waals surface area contributed by atoms with Crippen LogP contribution in [0.25, 0.3) is 0 Å². The van der Waals surface area contributed by atoms with E-state index in [2.05, 4.69) is 10.1 Å². The lowest BCUT2D eigenvalue weighted by atomic mass is 9.98. The Morgan fingerprint density at radius 3 is 2.81 bits per heavy atom. The van der Waals surface area contributed by atoms with E-state index in [-0.39, 0.29) is 5.75 Å². The van der Waals surface area contributed by atoms with Crippen LogP contribution in [0.15, 0.2) is 18.2 Å². The van der Waals surface area contributed by atoms with Crippen LogP contribution in [0.2, 0.25) is 0 Å². The average Bonchev–Trinajstić information content (AvgIpc) is 2.48. The predicted molar refractivity (Wildman–Crippen MR) is 78.2 cm³/mol. The molecule has 1 N–H and O–H groups in total. The van der Waals surface area contributed by atoms with Gasteiger partial charge in [0.25, 0.3) is 0 Å². The molecule has 1 heterocycles. The number of ether oxygens (including phenoxy) is 2. The fourth-order valence-electron chi connectivity index (χ4n) is 2.68. The highest BCUT2D eigenvalue weighted by molar-refractivity contribution is 5.43. The second kappa shape index (κ2) is 8.17. The minimum atomic E-state index is -2.83. The fourth-order valence-corrected chi connectivity index (χ4v) is 2.68. The van der Waals surface area contributed by atoms with Gasteiger partial charge in [0.05, 0.1) is 6.61 Å². The predicted octanol–water partition coefficient (Wildman–Crippen LogP) is 3.76. The van der Waals surface area contributed by atoms with Crippen LogP contribution in [-0.4, -0.2) is 25.8 Å². The molecule has 2 rings (SSSR count). The Labute approximate surface area is 124 Å². The van der Waals surface area contributed by atoms with Crippen LogP contribution in [0.3, 0.4) is 0 Å². The molecule has 0 amide bonds. The van der Waals surface area contributed by atoms with Gasteiger partial charge in [-0.1, -0.05) is 12.5 Å². The molecule has 0 aliphatic carbocycles. The quantitative estimate of drug-likeness (QED) is 0.831. The molecule has 1 aliphatic rings. The Morgan fingerprint density at radius 1 is 1.29 bits per heavy atom. The van der Waals surface area contributed by atoms with E-state index in [1.165, 1.54) is 19.3 Å². The highest BCUT2D eigenvalue weighted by Gasteiger charge is 2.14. The van der Waals surface area contributed by atoms with Crippen molar-refractivity contribution in [2.75, 3.05) is 13.2 Å². The Kier molecular flexibility index (Phi) is 6.23. The van der Waals surface area contributed by atoms with Crippen molar-refractivity contribution < 1.29 is 18.3 Å². The molecule has 0 saturated carbocycles. The summed E-state index contributed by atoms with van der Waals surface area (Å²) in [5, 5.41) is 3.51. The van der Waals surface area contributed by atoms with Crippen molar-refractivity contribution in [2.24, 2.45) is 0 Å². The lowest BCUT2D eigenvalue weighted by Gasteiger charge is -2.23. The summed E-state index contributed by atoms with van der Waals surface area (Å²) < 4.78 is 34.6. The van der Waals surface area contributed by atoms with E-state index >= 15 is 0 Å². The maximum atomic E-state index is 12.3. The molecule has 1 aromatic carbocycles. The van der Waals surface area contributed by atoms with E-state index in [1.807, 2.05) is 19.1 Å². The fraction of sp³-hybridized carbons (Fsp3) is 0.625. The maximum absolute atomic E-state index is 12.3. The molecule has 1 unspecified atom stereocenters.